The van der Waals surface area contributed by atoms with Gasteiger partial charge in [-0.2, -0.15) is 0 Å². The van der Waals surface area contributed by atoms with Crippen LogP contribution >= 0.6 is 0 Å². The maximum Gasteiger partial charge on any atom is 0.0661 e. The van der Waals surface area contributed by atoms with E-state index < -0.39 is 0 Å². The van der Waals surface area contributed by atoms with Crippen molar-refractivity contribution in [1.29, 1.82) is 0 Å². The van der Waals surface area contributed by atoms with E-state index in [9.17, 15) is 0 Å². The zero-order valence-corrected chi connectivity index (χ0v) is 12.2. The number of ether oxygens (including phenoxy) is 1. The fraction of sp³-hybridized carbons (Fsp3) is 0.625. The van der Waals surface area contributed by atoms with Crippen LogP contribution < -0.4 is 5.32 Å². The minimum atomic E-state index is 0.295. The Balaban J connectivity index is 2.44. The number of hydrogen-bond donors (Lipinski definition) is 1. The second-order valence-corrected chi connectivity index (χ2v) is 5.19. The summed E-state index contributed by atoms with van der Waals surface area (Å²) in [5, 5.41) is 3.32. The van der Waals surface area contributed by atoms with E-state index in [1.807, 2.05) is 7.05 Å². The van der Waals surface area contributed by atoms with E-state index in [4.69, 9.17) is 4.74 Å². The highest BCUT2D eigenvalue weighted by Gasteiger charge is 2.09. The third kappa shape index (κ3) is 5.19. The minimum absolute atomic E-state index is 0.295. The van der Waals surface area contributed by atoms with Crippen molar-refractivity contribution in [3.05, 3.63) is 35.4 Å². The van der Waals surface area contributed by atoms with Gasteiger partial charge in [-0.15, -0.1) is 0 Å². The summed E-state index contributed by atoms with van der Waals surface area (Å²) < 4.78 is 5.75. The molecule has 2 heteroatoms. The lowest BCUT2D eigenvalue weighted by Crippen LogP contribution is -2.22. The van der Waals surface area contributed by atoms with Crippen molar-refractivity contribution in [3.63, 3.8) is 0 Å². The summed E-state index contributed by atoms with van der Waals surface area (Å²) in [6.45, 7) is 8.22. The molecule has 0 bridgehead atoms. The van der Waals surface area contributed by atoms with Gasteiger partial charge in [-0.1, -0.05) is 45.0 Å². The standard InChI is InChI=1S/C16H27NO/c1-5-14-6-8-15(9-7-14)16(17-4)12-18-11-10-13(2)3/h6-9,13,16-17H,5,10-12H2,1-4H3. The Morgan fingerprint density at radius 3 is 2.33 bits per heavy atom. The van der Waals surface area contributed by atoms with Crippen LogP contribution in [0.25, 0.3) is 0 Å². The van der Waals surface area contributed by atoms with Gasteiger partial charge >= 0.3 is 0 Å². The molecule has 0 fully saturated rings. The van der Waals surface area contributed by atoms with E-state index in [2.05, 4.69) is 50.4 Å². The van der Waals surface area contributed by atoms with Gasteiger partial charge in [0.1, 0.15) is 0 Å². The second-order valence-electron chi connectivity index (χ2n) is 5.19. The maximum absolute atomic E-state index is 5.75. The Kier molecular flexibility index (Phi) is 6.99. The predicted octanol–water partition coefficient (Wildman–Crippen LogP) is 3.57. The van der Waals surface area contributed by atoms with Crippen LogP contribution in [-0.2, 0) is 11.2 Å². The molecular weight excluding hydrogens is 222 g/mol. The topological polar surface area (TPSA) is 21.3 Å². The molecule has 102 valence electrons. The van der Waals surface area contributed by atoms with Crippen molar-refractivity contribution in [2.75, 3.05) is 20.3 Å². The lowest BCUT2D eigenvalue weighted by atomic mass is 10.0. The molecule has 0 aliphatic heterocycles. The van der Waals surface area contributed by atoms with Crippen LogP contribution in [0, 0.1) is 5.92 Å². The average Bonchev–Trinajstić information content (AvgIpc) is 2.39. The van der Waals surface area contributed by atoms with Gasteiger partial charge < -0.3 is 10.1 Å². The third-order valence-corrected chi connectivity index (χ3v) is 3.26. The lowest BCUT2D eigenvalue weighted by Gasteiger charge is -2.17. The minimum Gasteiger partial charge on any atom is -0.379 e. The quantitative estimate of drug-likeness (QED) is 0.711. The Morgan fingerprint density at radius 2 is 1.83 bits per heavy atom. The molecule has 1 atom stereocenters. The molecule has 0 aliphatic rings. The molecule has 0 amide bonds. The van der Waals surface area contributed by atoms with Gasteiger partial charge in [-0.05, 0) is 36.9 Å². The fourth-order valence-corrected chi connectivity index (χ4v) is 1.85. The largest absolute Gasteiger partial charge is 0.379 e. The van der Waals surface area contributed by atoms with Crippen molar-refractivity contribution in [3.8, 4) is 0 Å². The second kappa shape index (κ2) is 8.28. The first-order valence-corrected chi connectivity index (χ1v) is 7.01. The molecule has 0 spiro atoms. The van der Waals surface area contributed by atoms with Gasteiger partial charge in [-0.25, -0.2) is 0 Å². The molecule has 1 N–H and O–H groups in total. The molecule has 1 unspecified atom stereocenters. The van der Waals surface area contributed by atoms with Gasteiger partial charge in [0.15, 0.2) is 0 Å². The van der Waals surface area contributed by atoms with E-state index in [-0.39, 0.29) is 0 Å². The van der Waals surface area contributed by atoms with Crippen molar-refractivity contribution < 1.29 is 4.74 Å². The molecule has 1 aromatic rings. The number of rotatable bonds is 8. The van der Waals surface area contributed by atoms with Crippen LogP contribution in [0.4, 0.5) is 0 Å². The van der Waals surface area contributed by atoms with Crippen molar-refractivity contribution in [2.45, 2.75) is 39.7 Å². The highest BCUT2D eigenvalue weighted by atomic mass is 16.5. The van der Waals surface area contributed by atoms with Gasteiger partial charge in [0.05, 0.1) is 12.6 Å². The average molecular weight is 249 g/mol. The molecule has 0 saturated carbocycles. The van der Waals surface area contributed by atoms with Crippen molar-refractivity contribution in [2.24, 2.45) is 5.92 Å². The predicted molar refractivity (Wildman–Crippen MR) is 77.9 cm³/mol. The van der Waals surface area contributed by atoms with Crippen LogP contribution in [0.1, 0.15) is 44.4 Å². The molecule has 1 rings (SSSR count). The summed E-state index contributed by atoms with van der Waals surface area (Å²) in [5.41, 5.74) is 2.69. The number of hydrogen-bond acceptors (Lipinski definition) is 2. The molecule has 0 aromatic heterocycles. The van der Waals surface area contributed by atoms with Crippen LogP contribution in [0.15, 0.2) is 24.3 Å². The summed E-state index contributed by atoms with van der Waals surface area (Å²) in [5.74, 6) is 0.710. The highest BCUT2D eigenvalue weighted by Crippen LogP contribution is 2.15. The summed E-state index contributed by atoms with van der Waals surface area (Å²) in [4.78, 5) is 0. The SMILES string of the molecule is CCc1ccc(C(COCCC(C)C)NC)cc1. The lowest BCUT2D eigenvalue weighted by molar-refractivity contribution is 0.104. The number of aryl methyl sites for hydroxylation is 1. The van der Waals surface area contributed by atoms with Crippen LogP contribution in [0.2, 0.25) is 0 Å². The monoisotopic (exact) mass is 249 g/mol. The van der Waals surface area contributed by atoms with Gasteiger partial charge in [0.25, 0.3) is 0 Å². The molecule has 2 nitrogen and oxygen atoms in total. The number of benzene rings is 1. The Morgan fingerprint density at radius 1 is 1.17 bits per heavy atom. The van der Waals surface area contributed by atoms with Crippen molar-refractivity contribution in [1.82, 2.24) is 5.32 Å². The fourth-order valence-electron chi connectivity index (χ4n) is 1.85. The first-order valence-electron chi connectivity index (χ1n) is 7.01. The Hall–Kier alpha value is -0.860. The molecule has 0 radical (unpaired) electrons. The van der Waals surface area contributed by atoms with Crippen LogP contribution in [0.5, 0.6) is 0 Å². The molecule has 1 aromatic carbocycles. The van der Waals surface area contributed by atoms with Gasteiger partial charge in [0, 0.05) is 6.61 Å². The Bertz CT molecular complexity index is 318. The van der Waals surface area contributed by atoms with E-state index in [0.29, 0.717) is 12.0 Å². The van der Waals surface area contributed by atoms with E-state index >= 15 is 0 Å². The maximum atomic E-state index is 5.75. The third-order valence-electron chi connectivity index (χ3n) is 3.26. The number of likely N-dealkylation sites (N-methyl/N-ethyl adjacent to an activating group) is 1. The first kappa shape index (κ1) is 15.2. The summed E-state index contributed by atoms with van der Waals surface area (Å²) >= 11 is 0. The van der Waals surface area contributed by atoms with E-state index in [0.717, 1.165) is 26.1 Å². The first-order chi connectivity index (χ1) is 8.67. The van der Waals surface area contributed by atoms with Crippen LogP contribution in [0.3, 0.4) is 0 Å². The normalized spacial score (nSPS) is 12.9. The van der Waals surface area contributed by atoms with E-state index in [1.165, 1.54) is 11.1 Å². The Labute approximate surface area is 112 Å². The summed E-state index contributed by atoms with van der Waals surface area (Å²) in [6, 6.07) is 9.10. The zero-order chi connectivity index (χ0) is 13.4. The van der Waals surface area contributed by atoms with Crippen LogP contribution in [-0.4, -0.2) is 20.3 Å². The summed E-state index contributed by atoms with van der Waals surface area (Å²) in [7, 11) is 1.99. The van der Waals surface area contributed by atoms with E-state index in [1.54, 1.807) is 0 Å². The number of nitrogens with one attached hydrogen (secondary N) is 1. The highest BCUT2D eigenvalue weighted by molar-refractivity contribution is 5.25. The summed E-state index contributed by atoms with van der Waals surface area (Å²) in [6.07, 6.45) is 2.22. The molecule has 0 aliphatic carbocycles. The molecule has 0 saturated heterocycles. The van der Waals surface area contributed by atoms with Gasteiger partial charge in [-0.3, -0.25) is 0 Å². The smallest absolute Gasteiger partial charge is 0.0661 e. The molecular formula is C16H27NO. The zero-order valence-electron chi connectivity index (χ0n) is 12.2. The molecule has 18 heavy (non-hydrogen) atoms. The van der Waals surface area contributed by atoms with Gasteiger partial charge in [0.2, 0.25) is 0 Å². The molecule has 0 heterocycles. The van der Waals surface area contributed by atoms with Crippen molar-refractivity contribution >= 4 is 0 Å².